The molecule has 0 fully saturated rings. The standard InChI is InChI=1S/C13H15F5/c1-12(2,3)6-8(14)10(16)7(13(4,5)18)11(17)9(6)15/h1-5H3. The molecule has 1 rings (SSSR count). The van der Waals surface area contributed by atoms with E-state index in [2.05, 4.69) is 0 Å². The highest BCUT2D eigenvalue weighted by atomic mass is 19.2. The van der Waals surface area contributed by atoms with Crippen LogP contribution < -0.4 is 0 Å². The highest BCUT2D eigenvalue weighted by molar-refractivity contribution is 5.36. The second-order valence-corrected chi connectivity index (χ2v) is 5.73. The highest BCUT2D eigenvalue weighted by Gasteiger charge is 2.37. The van der Waals surface area contributed by atoms with Gasteiger partial charge in [-0.05, 0) is 19.3 Å². The summed E-state index contributed by atoms with van der Waals surface area (Å²) in [6.07, 6.45) is 0. The number of halogens is 5. The zero-order valence-electron chi connectivity index (χ0n) is 10.9. The first kappa shape index (κ1) is 14.9. The first-order chi connectivity index (χ1) is 7.89. The van der Waals surface area contributed by atoms with Gasteiger partial charge in [0.1, 0.15) is 5.67 Å². The first-order valence-corrected chi connectivity index (χ1v) is 5.44. The van der Waals surface area contributed by atoms with Crippen LogP contribution in [-0.2, 0) is 11.1 Å². The maximum Gasteiger partial charge on any atom is 0.168 e. The molecule has 0 bridgehead atoms. The normalized spacial score (nSPS) is 13.0. The molecular weight excluding hydrogens is 251 g/mol. The van der Waals surface area contributed by atoms with Crippen molar-refractivity contribution in [2.24, 2.45) is 0 Å². The molecule has 0 aliphatic carbocycles. The minimum atomic E-state index is -2.51. The summed E-state index contributed by atoms with van der Waals surface area (Å²) in [5, 5.41) is 0. The molecule has 0 unspecified atom stereocenters. The van der Waals surface area contributed by atoms with Crippen LogP contribution in [0.5, 0.6) is 0 Å². The molecule has 0 nitrogen and oxygen atoms in total. The number of hydrogen-bond donors (Lipinski definition) is 0. The van der Waals surface area contributed by atoms with Crippen molar-refractivity contribution < 1.29 is 22.0 Å². The second kappa shape index (κ2) is 4.21. The van der Waals surface area contributed by atoms with Gasteiger partial charge in [-0.3, -0.25) is 0 Å². The molecule has 0 aromatic heterocycles. The van der Waals surface area contributed by atoms with E-state index < -0.39 is 45.5 Å². The summed E-state index contributed by atoms with van der Waals surface area (Å²) in [6.45, 7) is 5.91. The summed E-state index contributed by atoms with van der Waals surface area (Å²) in [4.78, 5) is 0. The molecule has 0 heterocycles. The van der Waals surface area contributed by atoms with E-state index in [0.29, 0.717) is 0 Å². The van der Waals surface area contributed by atoms with Crippen molar-refractivity contribution in [1.29, 1.82) is 0 Å². The lowest BCUT2D eigenvalue weighted by Gasteiger charge is -2.24. The largest absolute Gasteiger partial charge is 0.239 e. The van der Waals surface area contributed by atoms with E-state index in [1.54, 1.807) is 0 Å². The Hall–Kier alpha value is -1.13. The van der Waals surface area contributed by atoms with Crippen LogP contribution in [0.4, 0.5) is 22.0 Å². The van der Waals surface area contributed by atoms with E-state index in [4.69, 9.17) is 0 Å². The summed E-state index contributed by atoms with van der Waals surface area (Å²) in [6, 6.07) is 0. The third-order valence-corrected chi connectivity index (χ3v) is 2.61. The van der Waals surface area contributed by atoms with Crippen molar-refractivity contribution >= 4 is 0 Å². The SMILES string of the molecule is CC(C)(C)c1c(F)c(F)c(C(C)(C)F)c(F)c1F. The highest BCUT2D eigenvalue weighted by Crippen LogP contribution is 2.37. The molecular formula is C13H15F5. The van der Waals surface area contributed by atoms with Gasteiger partial charge in [0.25, 0.3) is 0 Å². The molecule has 5 heteroatoms. The molecule has 18 heavy (non-hydrogen) atoms. The zero-order chi connectivity index (χ0) is 14.5. The van der Waals surface area contributed by atoms with Crippen LogP contribution in [0, 0.1) is 23.3 Å². The first-order valence-electron chi connectivity index (χ1n) is 5.44. The minimum Gasteiger partial charge on any atom is -0.239 e. The second-order valence-electron chi connectivity index (χ2n) is 5.73. The molecule has 0 saturated heterocycles. The summed E-state index contributed by atoms with van der Waals surface area (Å²) in [5.74, 6) is -6.43. The van der Waals surface area contributed by atoms with Crippen LogP contribution in [0.2, 0.25) is 0 Å². The Morgan fingerprint density at radius 2 is 0.889 bits per heavy atom. The fourth-order valence-electron chi connectivity index (χ4n) is 1.81. The van der Waals surface area contributed by atoms with Gasteiger partial charge < -0.3 is 0 Å². The monoisotopic (exact) mass is 266 g/mol. The van der Waals surface area contributed by atoms with Crippen LogP contribution >= 0.6 is 0 Å². The van der Waals surface area contributed by atoms with E-state index in [1.807, 2.05) is 0 Å². The Labute approximate surface area is 103 Å². The van der Waals surface area contributed by atoms with Crippen LogP contribution in [0.25, 0.3) is 0 Å². The van der Waals surface area contributed by atoms with Gasteiger partial charge in [-0.2, -0.15) is 0 Å². The van der Waals surface area contributed by atoms with E-state index in [1.165, 1.54) is 20.8 Å². The lowest BCUT2D eigenvalue weighted by Crippen LogP contribution is -2.24. The molecule has 0 atom stereocenters. The third-order valence-electron chi connectivity index (χ3n) is 2.61. The van der Waals surface area contributed by atoms with Crippen molar-refractivity contribution in [1.82, 2.24) is 0 Å². The van der Waals surface area contributed by atoms with Gasteiger partial charge >= 0.3 is 0 Å². The van der Waals surface area contributed by atoms with Gasteiger partial charge in [-0.1, -0.05) is 20.8 Å². The Morgan fingerprint density at radius 3 is 1.11 bits per heavy atom. The van der Waals surface area contributed by atoms with E-state index in [0.717, 1.165) is 13.8 Å². The maximum absolute atomic E-state index is 13.8. The topological polar surface area (TPSA) is 0 Å². The summed E-state index contributed by atoms with van der Waals surface area (Å²) in [7, 11) is 0. The van der Waals surface area contributed by atoms with Gasteiger partial charge in [0, 0.05) is 5.56 Å². The predicted octanol–water partition coefficient (Wildman–Crippen LogP) is 4.75. The van der Waals surface area contributed by atoms with Crippen molar-refractivity contribution in [2.45, 2.75) is 45.7 Å². The van der Waals surface area contributed by atoms with Crippen molar-refractivity contribution in [3.63, 3.8) is 0 Å². The van der Waals surface area contributed by atoms with Gasteiger partial charge in [-0.15, -0.1) is 0 Å². The Morgan fingerprint density at radius 1 is 0.611 bits per heavy atom. The number of alkyl halides is 1. The lowest BCUT2D eigenvalue weighted by molar-refractivity contribution is 0.198. The molecule has 102 valence electrons. The Balaban J connectivity index is 3.79. The predicted molar refractivity (Wildman–Crippen MR) is 59.1 cm³/mol. The zero-order valence-corrected chi connectivity index (χ0v) is 10.9. The van der Waals surface area contributed by atoms with Gasteiger partial charge in [0.05, 0.1) is 5.56 Å². The molecule has 1 aromatic rings. The molecule has 0 radical (unpaired) electrons. The quantitative estimate of drug-likeness (QED) is 0.508. The van der Waals surface area contributed by atoms with Crippen LogP contribution in [0.1, 0.15) is 45.7 Å². The van der Waals surface area contributed by atoms with Crippen LogP contribution in [0.15, 0.2) is 0 Å². The fourth-order valence-corrected chi connectivity index (χ4v) is 1.81. The molecule has 0 spiro atoms. The van der Waals surface area contributed by atoms with Gasteiger partial charge in [0.2, 0.25) is 0 Å². The Kier molecular flexibility index (Phi) is 3.49. The third kappa shape index (κ3) is 2.35. The molecule has 0 aliphatic rings. The van der Waals surface area contributed by atoms with Crippen LogP contribution in [0.3, 0.4) is 0 Å². The molecule has 0 amide bonds. The van der Waals surface area contributed by atoms with Gasteiger partial charge in [0.15, 0.2) is 23.3 Å². The number of hydrogen-bond acceptors (Lipinski definition) is 0. The molecule has 0 aliphatic heterocycles. The smallest absolute Gasteiger partial charge is 0.168 e. The number of benzene rings is 1. The average Bonchev–Trinajstić information content (AvgIpc) is 2.10. The van der Waals surface area contributed by atoms with E-state index in [9.17, 15) is 22.0 Å². The lowest BCUT2D eigenvalue weighted by atomic mass is 9.83. The summed E-state index contributed by atoms with van der Waals surface area (Å²) in [5.41, 5.74) is -5.57. The number of rotatable bonds is 1. The molecule has 0 N–H and O–H groups in total. The summed E-state index contributed by atoms with van der Waals surface area (Å²) < 4.78 is 68.6. The van der Waals surface area contributed by atoms with Gasteiger partial charge in [-0.25, -0.2) is 22.0 Å². The van der Waals surface area contributed by atoms with Crippen LogP contribution in [-0.4, -0.2) is 0 Å². The Bertz CT molecular complexity index is 404. The van der Waals surface area contributed by atoms with Crippen molar-refractivity contribution in [3.8, 4) is 0 Å². The maximum atomic E-state index is 13.8. The van der Waals surface area contributed by atoms with E-state index >= 15 is 0 Å². The molecule has 1 aromatic carbocycles. The van der Waals surface area contributed by atoms with Crippen molar-refractivity contribution in [3.05, 3.63) is 34.4 Å². The fraction of sp³-hybridized carbons (Fsp3) is 0.538. The van der Waals surface area contributed by atoms with E-state index in [-0.39, 0.29) is 0 Å². The summed E-state index contributed by atoms with van der Waals surface area (Å²) >= 11 is 0. The minimum absolute atomic E-state index is 0.717. The van der Waals surface area contributed by atoms with Crippen molar-refractivity contribution in [2.75, 3.05) is 0 Å². The molecule has 0 saturated carbocycles. The average molecular weight is 266 g/mol.